The van der Waals surface area contributed by atoms with Crippen molar-refractivity contribution in [2.45, 2.75) is 53.4 Å². The summed E-state index contributed by atoms with van der Waals surface area (Å²) < 4.78 is 0. The predicted molar refractivity (Wildman–Crippen MR) is 101 cm³/mol. The van der Waals surface area contributed by atoms with Crippen LogP contribution in [0, 0.1) is 0 Å². The van der Waals surface area contributed by atoms with Crippen molar-refractivity contribution in [1.82, 2.24) is 0 Å². The predicted octanol–water partition coefficient (Wildman–Crippen LogP) is -6.86. The molecule has 17 heteroatoms. The number of carbonyl (C=O) groups excluding carboxylic acids is 12. The Balaban J connectivity index is -0.000000122. The van der Waals surface area contributed by atoms with Crippen LogP contribution in [0.5, 0.6) is 0 Å². The Morgan fingerprint density at radius 2 is 0.459 bits per heavy atom. The van der Waals surface area contributed by atoms with E-state index < -0.39 is 95.8 Å². The van der Waals surface area contributed by atoms with Crippen LogP contribution in [0.15, 0.2) is 0 Å². The molecule has 0 aliphatic rings. The molecule has 0 aromatic rings. The molecule has 0 bridgehead atoms. The van der Waals surface area contributed by atoms with Gasteiger partial charge in [-0.15, -0.1) is 0 Å². The molecular weight excluding hydrogens is 675 g/mol. The topological polar surface area (TPSA) is 297 Å². The molecule has 0 fully saturated rings. The van der Waals surface area contributed by atoms with Gasteiger partial charge in [0.15, 0.2) is 23.1 Å². The Hall–Kier alpha value is -3.89. The minimum Gasteiger partial charge on any atom is -0.542 e. The molecule has 0 N–H and O–H groups in total. The minimum absolute atomic E-state index is 0. The van der Waals surface area contributed by atoms with E-state index in [1.807, 2.05) is 0 Å². The number of aliphatic carboxylic acids is 4. The second-order valence-electron chi connectivity index (χ2n) is 6.36. The van der Waals surface area contributed by atoms with Crippen molar-refractivity contribution in [2.75, 3.05) is 0 Å². The summed E-state index contributed by atoms with van der Waals surface area (Å²) in [5.74, 6) is -13.7. The quantitative estimate of drug-likeness (QED) is 0.104. The SMILES string of the molecule is CC(=O)CC(=O)C(=O)[O-].CC(=O)CC(=O)C(=O)[O-].CC(=O)CC(=O)C(=O)[O-].CC(=O)CC(=O)C(=O)[O-].[Hf+4]. The van der Waals surface area contributed by atoms with E-state index in [9.17, 15) is 78.0 Å². The summed E-state index contributed by atoms with van der Waals surface area (Å²) in [6.45, 7) is 4.56. The summed E-state index contributed by atoms with van der Waals surface area (Å²) in [7, 11) is 0. The van der Waals surface area contributed by atoms with Gasteiger partial charge in [-0.25, -0.2) is 0 Å². The van der Waals surface area contributed by atoms with Gasteiger partial charge in [0.05, 0.1) is 25.7 Å². The van der Waals surface area contributed by atoms with Crippen LogP contribution in [-0.2, 0) is 83.4 Å². The fraction of sp³-hybridized carbons (Fsp3) is 0.400. The van der Waals surface area contributed by atoms with Gasteiger partial charge >= 0.3 is 25.8 Å². The Morgan fingerprint density at radius 1 is 0.351 bits per heavy atom. The van der Waals surface area contributed by atoms with Crippen LogP contribution < -0.4 is 20.4 Å². The monoisotopic (exact) mass is 696 g/mol. The van der Waals surface area contributed by atoms with Gasteiger partial charge in [-0.05, 0) is 27.7 Å². The van der Waals surface area contributed by atoms with E-state index in [1.54, 1.807) is 0 Å². The molecule has 0 amide bonds. The molecule has 37 heavy (non-hydrogen) atoms. The minimum atomic E-state index is -1.80. The molecule has 0 aromatic carbocycles. The average molecular weight is 695 g/mol. The van der Waals surface area contributed by atoms with Crippen molar-refractivity contribution in [1.29, 1.82) is 0 Å². The molecule has 200 valence electrons. The molecule has 0 atom stereocenters. The third-order valence-electron chi connectivity index (χ3n) is 2.55. The van der Waals surface area contributed by atoms with Gasteiger partial charge in [-0.2, -0.15) is 0 Å². The molecule has 0 unspecified atom stereocenters. The van der Waals surface area contributed by atoms with Crippen molar-refractivity contribution < 1.29 is 104 Å². The number of carbonyl (C=O) groups is 12. The van der Waals surface area contributed by atoms with Crippen molar-refractivity contribution in [3.8, 4) is 0 Å². The summed E-state index contributed by atoms with van der Waals surface area (Å²) in [5.41, 5.74) is 0. The van der Waals surface area contributed by atoms with E-state index in [4.69, 9.17) is 0 Å². The molecule has 0 rings (SSSR count). The fourth-order valence-electron chi connectivity index (χ4n) is 1.19. The zero-order valence-electron chi connectivity index (χ0n) is 19.9. The number of hydrogen-bond donors (Lipinski definition) is 0. The van der Waals surface area contributed by atoms with Crippen LogP contribution in [0.1, 0.15) is 53.4 Å². The van der Waals surface area contributed by atoms with E-state index in [2.05, 4.69) is 0 Å². The molecule has 0 spiro atoms. The van der Waals surface area contributed by atoms with E-state index in [0.29, 0.717) is 0 Å². The zero-order chi connectivity index (χ0) is 29.8. The first-order chi connectivity index (χ1) is 16.1. The maximum absolute atomic E-state index is 10.1. The number of carboxylic acid groups (broad SMARTS) is 4. The zero-order valence-corrected chi connectivity index (χ0v) is 23.5. The Morgan fingerprint density at radius 3 is 0.486 bits per heavy atom. The summed E-state index contributed by atoms with van der Waals surface area (Å²) >= 11 is 0. The molecular formula is C20H20HfO16. The summed E-state index contributed by atoms with van der Waals surface area (Å²) in [6, 6.07) is 0. The molecule has 0 saturated carbocycles. The first-order valence-corrected chi connectivity index (χ1v) is 9.09. The van der Waals surface area contributed by atoms with E-state index in [1.165, 1.54) is 0 Å². The van der Waals surface area contributed by atoms with Gasteiger partial charge in [0, 0.05) is 0 Å². The first-order valence-electron chi connectivity index (χ1n) is 9.09. The van der Waals surface area contributed by atoms with Gasteiger partial charge in [0.2, 0.25) is 0 Å². The van der Waals surface area contributed by atoms with Crippen molar-refractivity contribution in [3.05, 3.63) is 0 Å². The molecule has 16 nitrogen and oxygen atoms in total. The van der Waals surface area contributed by atoms with Crippen LogP contribution in [0.25, 0.3) is 0 Å². The van der Waals surface area contributed by atoms with Gasteiger partial charge in [-0.1, -0.05) is 0 Å². The van der Waals surface area contributed by atoms with Gasteiger partial charge in [-0.3, -0.25) is 38.4 Å². The molecule has 0 aliphatic heterocycles. The third-order valence-corrected chi connectivity index (χ3v) is 2.55. The normalized spacial score (nSPS) is 8.32. The first kappa shape index (κ1) is 43.2. The molecule has 0 saturated heterocycles. The van der Waals surface area contributed by atoms with Gasteiger partial charge in [0.1, 0.15) is 47.0 Å². The second-order valence-corrected chi connectivity index (χ2v) is 6.36. The van der Waals surface area contributed by atoms with Gasteiger partial charge < -0.3 is 39.6 Å². The van der Waals surface area contributed by atoms with Crippen LogP contribution in [0.2, 0.25) is 0 Å². The van der Waals surface area contributed by atoms with Gasteiger partial charge in [0.25, 0.3) is 0 Å². The van der Waals surface area contributed by atoms with E-state index >= 15 is 0 Å². The van der Waals surface area contributed by atoms with Crippen LogP contribution >= 0.6 is 0 Å². The fourth-order valence-corrected chi connectivity index (χ4v) is 1.19. The second kappa shape index (κ2) is 23.8. The average Bonchev–Trinajstić information content (AvgIpc) is 2.67. The van der Waals surface area contributed by atoms with Crippen molar-refractivity contribution in [3.63, 3.8) is 0 Å². The Labute approximate surface area is 227 Å². The van der Waals surface area contributed by atoms with Crippen molar-refractivity contribution in [2.24, 2.45) is 0 Å². The maximum atomic E-state index is 10.1. The number of ketones is 8. The molecule has 0 heterocycles. The summed E-state index contributed by atoms with van der Waals surface area (Å²) in [4.78, 5) is 119. The number of rotatable bonds is 12. The molecule has 0 radical (unpaired) electrons. The summed E-state index contributed by atoms with van der Waals surface area (Å²) in [6.07, 6.45) is -2.27. The standard InChI is InChI=1S/4C5H6O4.Hf/c4*1-3(6)2-4(7)5(8)9;/h4*2H2,1H3,(H,8,9);/q;;;;+4/p-4. The molecule has 0 aromatic heterocycles. The Bertz CT molecular complexity index is 792. The Kier molecular flexibility index (Phi) is 27.8. The number of hydrogen-bond acceptors (Lipinski definition) is 16. The largest absolute Gasteiger partial charge is 4.00 e. The van der Waals surface area contributed by atoms with Crippen LogP contribution in [0.4, 0.5) is 0 Å². The molecule has 0 aliphatic carbocycles. The van der Waals surface area contributed by atoms with Crippen LogP contribution in [-0.4, -0.2) is 70.1 Å². The van der Waals surface area contributed by atoms with Crippen LogP contribution in [0.3, 0.4) is 0 Å². The van der Waals surface area contributed by atoms with Crippen molar-refractivity contribution >= 4 is 70.1 Å². The maximum Gasteiger partial charge on any atom is 4.00 e. The van der Waals surface area contributed by atoms with E-state index in [-0.39, 0.29) is 25.8 Å². The smallest absolute Gasteiger partial charge is 0.542 e. The number of Topliss-reactive ketones (excluding diaryl/α,β-unsaturated/α-hetero) is 8. The number of carboxylic acids is 4. The third kappa shape index (κ3) is 36.8. The summed E-state index contributed by atoms with van der Waals surface area (Å²) in [5, 5.41) is 38.5. The van der Waals surface area contributed by atoms with E-state index in [0.717, 1.165) is 27.7 Å².